The van der Waals surface area contributed by atoms with Gasteiger partial charge in [0.25, 0.3) is 5.91 Å². The van der Waals surface area contributed by atoms with E-state index in [2.05, 4.69) is 15.9 Å². The lowest BCUT2D eigenvalue weighted by atomic mass is 10.1. The summed E-state index contributed by atoms with van der Waals surface area (Å²) in [5, 5.41) is 9.49. The molecule has 0 aliphatic rings. The summed E-state index contributed by atoms with van der Waals surface area (Å²) in [5.74, 6) is -0.719. The molecule has 0 spiro atoms. The number of hydrogen-bond acceptors (Lipinski definition) is 2. The van der Waals surface area contributed by atoms with Crippen LogP contribution in [0, 0.1) is 5.82 Å². The molecule has 1 amide bonds. The second-order valence-electron chi connectivity index (χ2n) is 4.20. The van der Waals surface area contributed by atoms with Gasteiger partial charge in [-0.15, -0.1) is 0 Å². The minimum absolute atomic E-state index is 0.0794. The van der Waals surface area contributed by atoms with Gasteiger partial charge in [0.15, 0.2) is 0 Å². The van der Waals surface area contributed by atoms with Crippen LogP contribution >= 0.6 is 15.9 Å². The number of carbonyl (C=O) groups excluding carboxylic acids is 1. The molecule has 1 N–H and O–H groups in total. The highest BCUT2D eigenvalue weighted by atomic mass is 79.9. The fourth-order valence-electron chi connectivity index (χ4n) is 1.89. The number of anilines is 1. The third-order valence-electron chi connectivity index (χ3n) is 2.87. The molecule has 2 aromatic carbocycles. The standard InChI is InChI=1S/C15H13BrFNO2/c1-2-18(11-4-3-5-12(19)9-11)15(20)10-6-7-13(16)14(17)8-10/h3-9,19H,2H2,1H3. The fourth-order valence-corrected chi connectivity index (χ4v) is 2.14. The van der Waals surface area contributed by atoms with Crippen molar-refractivity contribution in [1.82, 2.24) is 0 Å². The van der Waals surface area contributed by atoms with Crippen LogP contribution in [-0.2, 0) is 0 Å². The topological polar surface area (TPSA) is 40.5 Å². The van der Waals surface area contributed by atoms with Crippen LogP contribution in [0.25, 0.3) is 0 Å². The summed E-state index contributed by atoms with van der Waals surface area (Å²) in [5.41, 5.74) is 0.830. The van der Waals surface area contributed by atoms with Gasteiger partial charge in [-0.3, -0.25) is 4.79 Å². The zero-order chi connectivity index (χ0) is 14.7. The second kappa shape index (κ2) is 6.05. The van der Waals surface area contributed by atoms with Gasteiger partial charge in [-0.2, -0.15) is 0 Å². The first-order chi connectivity index (χ1) is 9.52. The summed E-state index contributed by atoms with van der Waals surface area (Å²) in [7, 11) is 0. The molecule has 20 heavy (non-hydrogen) atoms. The molecule has 0 aliphatic carbocycles. The number of halogens is 2. The highest BCUT2D eigenvalue weighted by molar-refractivity contribution is 9.10. The summed E-state index contributed by atoms with van der Waals surface area (Å²) in [6, 6.07) is 10.6. The summed E-state index contributed by atoms with van der Waals surface area (Å²) in [6.07, 6.45) is 0. The molecule has 0 aliphatic heterocycles. The number of phenolic OH excluding ortho intramolecular Hbond substituents is 1. The quantitative estimate of drug-likeness (QED) is 0.920. The average molecular weight is 338 g/mol. The largest absolute Gasteiger partial charge is 0.508 e. The lowest BCUT2D eigenvalue weighted by Gasteiger charge is -2.21. The number of amides is 1. The van der Waals surface area contributed by atoms with E-state index in [9.17, 15) is 14.3 Å². The van der Waals surface area contributed by atoms with E-state index in [1.807, 2.05) is 6.92 Å². The molecule has 2 aromatic rings. The van der Waals surface area contributed by atoms with Crippen LogP contribution in [0.4, 0.5) is 10.1 Å². The molecule has 0 heterocycles. The van der Waals surface area contributed by atoms with Crippen molar-refractivity contribution in [3.63, 3.8) is 0 Å². The molecule has 0 atom stereocenters. The molecule has 0 saturated heterocycles. The van der Waals surface area contributed by atoms with Gasteiger partial charge in [-0.1, -0.05) is 6.07 Å². The molecule has 0 bridgehead atoms. The smallest absolute Gasteiger partial charge is 0.258 e. The lowest BCUT2D eigenvalue weighted by Crippen LogP contribution is -2.30. The van der Waals surface area contributed by atoms with Gasteiger partial charge in [-0.05, 0) is 53.2 Å². The van der Waals surface area contributed by atoms with Crippen LogP contribution in [0.15, 0.2) is 46.9 Å². The van der Waals surface area contributed by atoms with Crippen molar-refractivity contribution in [2.24, 2.45) is 0 Å². The highest BCUT2D eigenvalue weighted by Gasteiger charge is 2.17. The van der Waals surface area contributed by atoms with Gasteiger partial charge in [0.1, 0.15) is 11.6 Å². The normalized spacial score (nSPS) is 10.3. The number of hydrogen-bond donors (Lipinski definition) is 1. The first kappa shape index (κ1) is 14.5. The van der Waals surface area contributed by atoms with E-state index in [0.717, 1.165) is 0 Å². The molecule has 0 aromatic heterocycles. The van der Waals surface area contributed by atoms with Gasteiger partial charge in [0.05, 0.1) is 4.47 Å². The summed E-state index contributed by atoms with van der Waals surface area (Å²) < 4.78 is 13.8. The van der Waals surface area contributed by atoms with Crippen molar-refractivity contribution >= 4 is 27.5 Å². The van der Waals surface area contributed by atoms with E-state index >= 15 is 0 Å². The van der Waals surface area contributed by atoms with Gasteiger partial charge >= 0.3 is 0 Å². The Hall–Kier alpha value is -1.88. The van der Waals surface area contributed by atoms with Crippen molar-refractivity contribution < 1.29 is 14.3 Å². The lowest BCUT2D eigenvalue weighted by molar-refractivity contribution is 0.0988. The molecule has 0 radical (unpaired) electrons. The fraction of sp³-hybridized carbons (Fsp3) is 0.133. The number of rotatable bonds is 3. The molecule has 2 rings (SSSR count). The van der Waals surface area contributed by atoms with Gasteiger partial charge in [0.2, 0.25) is 0 Å². The summed E-state index contributed by atoms with van der Waals surface area (Å²) >= 11 is 3.05. The van der Waals surface area contributed by atoms with Gasteiger partial charge in [0, 0.05) is 23.9 Å². The first-order valence-electron chi connectivity index (χ1n) is 6.09. The maximum atomic E-state index is 13.5. The van der Waals surface area contributed by atoms with Crippen molar-refractivity contribution in [2.45, 2.75) is 6.92 Å². The predicted octanol–water partition coefficient (Wildman–Crippen LogP) is 3.96. The Morgan fingerprint density at radius 2 is 2.05 bits per heavy atom. The predicted molar refractivity (Wildman–Crippen MR) is 79.6 cm³/mol. The van der Waals surface area contributed by atoms with Crippen LogP contribution in [0.2, 0.25) is 0 Å². The van der Waals surface area contributed by atoms with E-state index < -0.39 is 5.82 Å². The van der Waals surface area contributed by atoms with Crippen molar-refractivity contribution in [3.8, 4) is 5.75 Å². The van der Waals surface area contributed by atoms with E-state index in [-0.39, 0.29) is 17.2 Å². The zero-order valence-electron chi connectivity index (χ0n) is 10.8. The van der Waals surface area contributed by atoms with Gasteiger partial charge < -0.3 is 10.0 Å². The third kappa shape index (κ3) is 2.99. The number of aromatic hydroxyl groups is 1. The first-order valence-corrected chi connectivity index (χ1v) is 6.88. The molecule has 104 valence electrons. The molecule has 0 saturated carbocycles. The Kier molecular flexibility index (Phi) is 4.39. The highest BCUT2D eigenvalue weighted by Crippen LogP contribution is 2.23. The number of carbonyl (C=O) groups is 1. The number of phenols is 1. The van der Waals surface area contributed by atoms with Crippen molar-refractivity contribution in [1.29, 1.82) is 0 Å². The van der Waals surface area contributed by atoms with Crippen LogP contribution in [0.5, 0.6) is 5.75 Å². The molecule has 0 unspecified atom stereocenters. The average Bonchev–Trinajstić information content (AvgIpc) is 2.42. The molecular formula is C15H13BrFNO2. The van der Waals surface area contributed by atoms with Crippen LogP contribution in [0.3, 0.4) is 0 Å². The minimum atomic E-state index is -0.484. The molecule has 5 heteroatoms. The number of benzene rings is 2. The Balaban J connectivity index is 2.36. The SMILES string of the molecule is CCN(C(=O)c1ccc(Br)c(F)c1)c1cccc(O)c1. The van der Waals surface area contributed by atoms with Crippen LogP contribution in [-0.4, -0.2) is 17.6 Å². The van der Waals surface area contributed by atoms with Gasteiger partial charge in [-0.25, -0.2) is 4.39 Å². The zero-order valence-corrected chi connectivity index (χ0v) is 12.4. The minimum Gasteiger partial charge on any atom is -0.508 e. The monoisotopic (exact) mass is 337 g/mol. The van der Waals surface area contributed by atoms with E-state index in [0.29, 0.717) is 16.7 Å². The summed E-state index contributed by atoms with van der Waals surface area (Å²) in [4.78, 5) is 13.9. The Morgan fingerprint density at radius 1 is 1.30 bits per heavy atom. The second-order valence-corrected chi connectivity index (χ2v) is 5.05. The number of nitrogens with zero attached hydrogens (tertiary/aromatic N) is 1. The third-order valence-corrected chi connectivity index (χ3v) is 3.51. The molecule has 3 nitrogen and oxygen atoms in total. The Morgan fingerprint density at radius 3 is 2.65 bits per heavy atom. The van der Waals surface area contributed by atoms with E-state index in [1.165, 1.54) is 29.2 Å². The molecule has 0 fully saturated rings. The van der Waals surface area contributed by atoms with E-state index in [1.54, 1.807) is 18.2 Å². The summed E-state index contributed by atoms with van der Waals surface area (Å²) in [6.45, 7) is 2.23. The van der Waals surface area contributed by atoms with Crippen molar-refractivity contribution in [2.75, 3.05) is 11.4 Å². The molecular weight excluding hydrogens is 325 g/mol. The van der Waals surface area contributed by atoms with Crippen molar-refractivity contribution in [3.05, 3.63) is 58.3 Å². The Labute approximate surface area is 124 Å². The Bertz CT molecular complexity index is 646. The van der Waals surface area contributed by atoms with Crippen LogP contribution < -0.4 is 4.90 Å². The maximum Gasteiger partial charge on any atom is 0.258 e. The van der Waals surface area contributed by atoms with Crippen LogP contribution in [0.1, 0.15) is 17.3 Å². The van der Waals surface area contributed by atoms with E-state index in [4.69, 9.17) is 0 Å². The maximum absolute atomic E-state index is 13.5.